The fourth-order valence-corrected chi connectivity index (χ4v) is 5.67. The predicted octanol–water partition coefficient (Wildman–Crippen LogP) is 1.11. The van der Waals surface area contributed by atoms with Crippen LogP contribution in [-0.2, 0) is 4.74 Å². The number of aromatic nitrogens is 4. The van der Waals surface area contributed by atoms with Crippen LogP contribution in [0.5, 0.6) is 0 Å². The van der Waals surface area contributed by atoms with Crippen LogP contribution >= 0.6 is 11.3 Å². The number of halogens is 2. The second-order valence-electron chi connectivity index (χ2n) is 10.6. The summed E-state index contributed by atoms with van der Waals surface area (Å²) in [5.41, 5.74) is 5.77. The summed E-state index contributed by atoms with van der Waals surface area (Å²) >= 11 is 1.11. The van der Waals surface area contributed by atoms with Crippen LogP contribution < -0.4 is 11.1 Å². The highest BCUT2D eigenvalue weighted by molar-refractivity contribution is 7.13. The summed E-state index contributed by atoms with van der Waals surface area (Å²) in [6.07, 6.45) is 2.11. The Kier molecular flexibility index (Phi) is 12.4. The van der Waals surface area contributed by atoms with Crippen molar-refractivity contribution < 1.29 is 43.8 Å². The van der Waals surface area contributed by atoms with Crippen LogP contribution in [0.15, 0.2) is 40.6 Å². The summed E-state index contributed by atoms with van der Waals surface area (Å²) in [4.78, 5) is 25.6. The Morgan fingerprint density at radius 2 is 1.87 bits per heavy atom. The van der Waals surface area contributed by atoms with Crippen molar-refractivity contribution in [1.29, 1.82) is 0 Å². The van der Waals surface area contributed by atoms with Crippen LogP contribution in [0, 0.1) is 11.8 Å². The molecule has 1 amide bonds. The average Bonchev–Trinajstić information content (AvgIpc) is 3.75. The van der Waals surface area contributed by atoms with Crippen molar-refractivity contribution >= 4 is 29.2 Å². The molecule has 0 aromatic carbocycles. The van der Waals surface area contributed by atoms with Crippen molar-refractivity contribution in [1.82, 2.24) is 25.1 Å². The molecule has 0 spiro atoms. The molecule has 1 saturated heterocycles. The lowest BCUT2D eigenvalue weighted by molar-refractivity contribution is -0.253. The monoisotopic (exact) mass is 665 g/mol. The zero-order chi connectivity index (χ0) is 33.4. The van der Waals surface area contributed by atoms with Gasteiger partial charge in [-0.25, -0.2) is 19.0 Å². The zero-order valence-corrected chi connectivity index (χ0v) is 25.7. The molecule has 5 atom stereocenters. The number of amides is 1. The number of pyridine rings is 1. The van der Waals surface area contributed by atoms with Gasteiger partial charge in [0.25, 0.3) is 5.91 Å². The first kappa shape index (κ1) is 35.1. The number of allylic oxidation sites excluding steroid dienone is 1. The van der Waals surface area contributed by atoms with E-state index in [2.05, 4.69) is 25.4 Å². The Morgan fingerprint density at radius 1 is 1.15 bits per heavy atom. The van der Waals surface area contributed by atoms with E-state index in [9.17, 15) is 34.0 Å². The van der Waals surface area contributed by atoms with Gasteiger partial charge in [-0.1, -0.05) is 19.3 Å². The molecule has 2 aliphatic rings. The van der Waals surface area contributed by atoms with Crippen molar-refractivity contribution in [3.05, 3.63) is 58.8 Å². The molecule has 17 heteroatoms. The number of hydrogen-bond acceptors (Lipinski definition) is 13. The first-order valence-corrected chi connectivity index (χ1v) is 15.5. The van der Waals surface area contributed by atoms with E-state index < -0.39 is 60.6 Å². The van der Waals surface area contributed by atoms with Crippen LogP contribution in [0.1, 0.15) is 61.4 Å². The molecule has 250 valence electrons. The van der Waals surface area contributed by atoms with E-state index in [4.69, 9.17) is 15.6 Å². The van der Waals surface area contributed by atoms with Gasteiger partial charge in [-0.2, -0.15) is 9.49 Å². The Hall–Kier alpha value is -3.71. The summed E-state index contributed by atoms with van der Waals surface area (Å²) in [7, 11) is 0. The van der Waals surface area contributed by atoms with Crippen LogP contribution in [-0.4, -0.2) is 101 Å². The van der Waals surface area contributed by atoms with E-state index >= 15 is 0 Å². The first-order valence-electron chi connectivity index (χ1n) is 14.7. The SMILES string of the molecule is CCO.N/C(=C(\C=NC1CCCCC1)NC(=O)c1csc(-c2cnn(C3OC(CO)C(O)C(O)C3O)c2)n1)c1nc(F)ccc1F. The minimum absolute atomic E-state index is 0.00451. The zero-order valence-electron chi connectivity index (χ0n) is 24.9. The van der Waals surface area contributed by atoms with Gasteiger partial charge >= 0.3 is 0 Å². The van der Waals surface area contributed by atoms with Gasteiger partial charge in [-0.3, -0.25) is 9.79 Å². The predicted molar refractivity (Wildman–Crippen MR) is 163 cm³/mol. The van der Waals surface area contributed by atoms with Crippen LogP contribution in [0.2, 0.25) is 0 Å². The summed E-state index contributed by atoms with van der Waals surface area (Å²) in [5.74, 6) is -2.50. The van der Waals surface area contributed by atoms with Gasteiger partial charge in [0.05, 0.1) is 30.2 Å². The number of nitrogens with zero attached hydrogens (tertiary/aromatic N) is 5. The Balaban J connectivity index is 0.00000154. The van der Waals surface area contributed by atoms with Crippen molar-refractivity contribution in [2.75, 3.05) is 13.2 Å². The van der Waals surface area contributed by atoms with Gasteiger partial charge in [-0.15, -0.1) is 11.3 Å². The molecule has 3 aromatic rings. The summed E-state index contributed by atoms with van der Waals surface area (Å²) in [6, 6.07) is 1.75. The highest BCUT2D eigenvalue weighted by atomic mass is 32.1. The first-order chi connectivity index (χ1) is 22.1. The smallest absolute Gasteiger partial charge is 0.275 e. The summed E-state index contributed by atoms with van der Waals surface area (Å²) in [6.45, 7) is 1.34. The number of aliphatic hydroxyl groups is 5. The Labute approximate surface area is 266 Å². The van der Waals surface area contributed by atoms with Crippen molar-refractivity contribution in [2.45, 2.75) is 75.7 Å². The Bertz CT molecular complexity index is 1530. The van der Waals surface area contributed by atoms with E-state index in [0.29, 0.717) is 10.6 Å². The molecule has 1 aliphatic heterocycles. The summed E-state index contributed by atoms with van der Waals surface area (Å²) < 4.78 is 35.0. The lowest BCUT2D eigenvalue weighted by Crippen LogP contribution is -2.56. The van der Waals surface area contributed by atoms with E-state index in [1.54, 1.807) is 6.92 Å². The van der Waals surface area contributed by atoms with Gasteiger partial charge in [0.1, 0.15) is 40.8 Å². The number of thiazole rings is 1. The Morgan fingerprint density at radius 3 is 2.57 bits per heavy atom. The molecule has 0 bridgehead atoms. The van der Waals surface area contributed by atoms with Gasteiger partial charge < -0.3 is 41.3 Å². The minimum Gasteiger partial charge on any atom is -0.397 e. The molecular weight excluding hydrogens is 628 g/mol. The maximum atomic E-state index is 14.5. The van der Waals surface area contributed by atoms with Crippen molar-refractivity contribution in [2.24, 2.45) is 10.7 Å². The maximum Gasteiger partial charge on any atom is 0.275 e. The number of carbonyl (C=O) groups excluding carboxylic acids is 1. The molecule has 14 nitrogen and oxygen atoms in total. The molecule has 3 aromatic heterocycles. The lowest BCUT2D eigenvalue weighted by atomic mass is 9.96. The number of nitrogens with two attached hydrogens (primary N) is 1. The minimum atomic E-state index is -1.58. The van der Waals surface area contributed by atoms with Crippen LogP contribution in [0.4, 0.5) is 8.78 Å². The third kappa shape index (κ3) is 8.35. The standard InChI is InChI=1S/C27H31F2N7O6S.C2H6O/c28-15-6-7-19(29)35-21(15)20(30)16(9-31-14-4-2-1-3-5-14)33-25(41)17-12-43-26(34-17)13-8-32-36(10-13)27-24(40)23(39)22(38)18(11-37)42-27;1-2-3/h6-10,12,14,18,22-24,27,37-40H,1-5,11,30H2,(H,33,41);3H,2H2,1H3/b20-16+,31-9?;. The van der Waals surface area contributed by atoms with Crippen LogP contribution in [0.25, 0.3) is 16.3 Å². The summed E-state index contributed by atoms with van der Waals surface area (Å²) in [5, 5.41) is 56.1. The topological polar surface area (TPSA) is 221 Å². The molecule has 4 heterocycles. The number of carbonyl (C=O) groups is 1. The molecule has 0 radical (unpaired) electrons. The van der Waals surface area contributed by atoms with Gasteiger partial charge in [0, 0.05) is 30.0 Å². The number of nitrogens with one attached hydrogen (secondary N) is 1. The van der Waals surface area contributed by atoms with Gasteiger partial charge in [-0.05, 0) is 31.9 Å². The van der Waals surface area contributed by atoms with Crippen molar-refractivity contribution in [3.8, 4) is 10.6 Å². The van der Waals surface area contributed by atoms with Gasteiger partial charge in [0.15, 0.2) is 12.0 Å². The highest BCUT2D eigenvalue weighted by Gasteiger charge is 2.44. The molecule has 5 rings (SSSR count). The van der Waals surface area contributed by atoms with E-state index in [0.717, 1.165) is 55.6 Å². The number of aliphatic imine (C=N–C) groups is 1. The highest BCUT2D eigenvalue weighted by Crippen LogP contribution is 2.30. The number of ether oxygens (including phenoxy) is 1. The molecule has 1 saturated carbocycles. The fourth-order valence-electron chi connectivity index (χ4n) is 4.90. The number of rotatable bonds is 8. The maximum absolute atomic E-state index is 14.5. The van der Waals surface area contributed by atoms with E-state index in [1.807, 2.05) is 0 Å². The van der Waals surface area contributed by atoms with E-state index in [-0.39, 0.29) is 29.7 Å². The van der Waals surface area contributed by atoms with Crippen molar-refractivity contribution in [3.63, 3.8) is 0 Å². The molecule has 8 N–H and O–H groups in total. The largest absolute Gasteiger partial charge is 0.397 e. The third-order valence-electron chi connectivity index (χ3n) is 7.31. The molecule has 1 aliphatic carbocycles. The van der Waals surface area contributed by atoms with Crippen LogP contribution in [0.3, 0.4) is 0 Å². The second kappa shape index (κ2) is 16.2. The van der Waals surface area contributed by atoms with E-state index in [1.165, 1.54) is 28.7 Å². The second-order valence-corrected chi connectivity index (χ2v) is 11.5. The molecule has 46 heavy (non-hydrogen) atoms. The molecule has 5 unspecified atom stereocenters. The third-order valence-corrected chi connectivity index (χ3v) is 8.20. The quantitative estimate of drug-likeness (QED) is 0.133. The number of aliphatic hydroxyl groups excluding tert-OH is 5. The average molecular weight is 666 g/mol. The normalized spacial score (nSPS) is 24.3. The molecule has 2 fully saturated rings. The molecular formula is C29H37F2N7O7S. The van der Waals surface area contributed by atoms with Gasteiger partial charge in [0.2, 0.25) is 5.95 Å². The fraction of sp³-hybridized carbons (Fsp3) is 0.483. The number of hydrogen-bond donors (Lipinski definition) is 7. The lowest BCUT2D eigenvalue weighted by Gasteiger charge is -2.39.